The van der Waals surface area contributed by atoms with Crippen molar-refractivity contribution in [1.82, 2.24) is 20.6 Å². The molecule has 0 spiro atoms. The zero-order valence-electron chi connectivity index (χ0n) is 20.2. The fraction of sp³-hybridized carbons (Fsp3) is 0.458. The van der Waals surface area contributed by atoms with Gasteiger partial charge in [0, 0.05) is 36.1 Å². The molecule has 4 N–H and O–H groups in total. The highest BCUT2D eigenvalue weighted by molar-refractivity contribution is 6.00. The lowest BCUT2D eigenvalue weighted by Gasteiger charge is -2.37. The maximum absolute atomic E-state index is 14.2. The number of hydrogen-bond donors (Lipinski definition) is 4. The van der Waals surface area contributed by atoms with Crippen molar-refractivity contribution in [2.24, 2.45) is 0 Å². The molecule has 10 nitrogen and oxygen atoms in total. The summed E-state index contributed by atoms with van der Waals surface area (Å²) in [6.07, 6.45) is 5.04. The number of nitrogens with one attached hydrogen (secondary N) is 4. The van der Waals surface area contributed by atoms with Gasteiger partial charge >= 0.3 is 6.09 Å². The van der Waals surface area contributed by atoms with Gasteiger partial charge in [-0.15, -0.1) is 0 Å². The van der Waals surface area contributed by atoms with Crippen LogP contribution in [-0.4, -0.2) is 46.7 Å². The first-order valence-corrected chi connectivity index (χ1v) is 11.4. The van der Waals surface area contributed by atoms with Crippen LogP contribution in [-0.2, 0) is 4.74 Å². The Kier molecular flexibility index (Phi) is 8.06. The van der Waals surface area contributed by atoms with Gasteiger partial charge in [-0.2, -0.15) is 5.26 Å². The molecule has 3 rings (SSSR count). The quantitative estimate of drug-likeness (QED) is 0.466. The first-order valence-electron chi connectivity index (χ1n) is 11.4. The number of nitriles is 1. The molecule has 2 heterocycles. The summed E-state index contributed by atoms with van der Waals surface area (Å²) in [5.74, 6) is -0.737. The number of pyridine rings is 2. The van der Waals surface area contributed by atoms with Gasteiger partial charge in [0.15, 0.2) is 11.6 Å². The highest BCUT2D eigenvalue weighted by atomic mass is 19.1. The third-order valence-corrected chi connectivity index (χ3v) is 5.82. The summed E-state index contributed by atoms with van der Waals surface area (Å²) in [5, 5.41) is 20.8. The van der Waals surface area contributed by atoms with E-state index in [-0.39, 0.29) is 34.9 Å². The molecule has 0 atom stereocenters. The lowest BCUT2D eigenvalue weighted by atomic mass is 9.81. The van der Waals surface area contributed by atoms with Gasteiger partial charge in [-0.1, -0.05) is 0 Å². The molecule has 0 saturated heterocycles. The van der Waals surface area contributed by atoms with Crippen LogP contribution in [0.3, 0.4) is 0 Å². The van der Waals surface area contributed by atoms with Crippen LogP contribution in [0.25, 0.3) is 0 Å². The molecule has 2 aromatic heterocycles. The first kappa shape index (κ1) is 25.7. The number of rotatable bonds is 7. The molecule has 0 aliphatic heterocycles. The number of carbonyl (C=O) groups excluding carboxylic acids is 2. The van der Waals surface area contributed by atoms with E-state index in [0.717, 1.165) is 6.07 Å². The topological polar surface area (TPSA) is 141 Å². The van der Waals surface area contributed by atoms with Crippen molar-refractivity contribution in [2.45, 2.75) is 64.1 Å². The maximum Gasteiger partial charge on any atom is 0.407 e. The maximum atomic E-state index is 14.2. The molecule has 0 bridgehead atoms. The number of alkyl carbamates (subject to hydrolysis) is 1. The molecule has 0 radical (unpaired) electrons. The summed E-state index contributed by atoms with van der Waals surface area (Å²) >= 11 is 0. The third kappa shape index (κ3) is 6.79. The van der Waals surface area contributed by atoms with Crippen LogP contribution < -0.4 is 21.3 Å². The number of nitrogens with zero attached hydrogens (tertiary/aromatic N) is 3. The van der Waals surface area contributed by atoms with Crippen molar-refractivity contribution in [2.75, 3.05) is 17.7 Å². The second-order valence-corrected chi connectivity index (χ2v) is 9.13. The Hall–Kier alpha value is -3.94. The number of methoxy groups -OCH3 is 1. The van der Waals surface area contributed by atoms with Crippen LogP contribution in [0.4, 0.5) is 26.5 Å². The average molecular weight is 484 g/mol. The van der Waals surface area contributed by atoms with Crippen LogP contribution in [0.15, 0.2) is 24.5 Å². The molecule has 186 valence electrons. The van der Waals surface area contributed by atoms with E-state index in [9.17, 15) is 14.0 Å². The first-order chi connectivity index (χ1) is 16.6. The normalized spacial score (nSPS) is 19.4. The van der Waals surface area contributed by atoms with Crippen LogP contribution in [0.5, 0.6) is 0 Å². The van der Waals surface area contributed by atoms with Crippen molar-refractivity contribution in [3.8, 4) is 6.07 Å². The van der Waals surface area contributed by atoms with E-state index < -0.39 is 11.9 Å². The Morgan fingerprint density at radius 3 is 2.54 bits per heavy atom. The van der Waals surface area contributed by atoms with Gasteiger partial charge < -0.3 is 26.0 Å². The molecule has 2 aromatic rings. The van der Waals surface area contributed by atoms with Crippen molar-refractivity contribution in [3.05, 3.63) is 41.5 Å². The minimum atomic E-state index is -0.683. The lowest BCUT2D eigenvalue weighted by molar-refractivity contribution is 0.0910. The molecular formula is C24H30FN7O3. The summed E-state index contributed by atoms with van der Waals surface area (Å²) in [6.45, 7) is 5.84. The van der Waals surface area contributed by atoms with Gasteiger partial charge in [0.2, 0.25) is 0 Å². The Balaban J connectivity index is 1.71. The van der Waals surface area contributed by atoms with E-state index in [1.54, 1.807) is 6.07 Å². The van der Waals surface area contributed by atoms with Crippen LogP contribution in [0.2, 0.25) is 0 Å². The molecule has 2 amide bonds. The second-order valence-electron chi connectivity index (χ2n) is 9.13. The third-order valence-electron chi connectivity index (χ3n) is 5.82. The van der Waals surface area contributed by atoms with E-state index in [1.165, 1.54) is 19.5 Å². The molecular weight excluding hydrogens is 453 g/mol. The van der Waals surface area contributed by atoms with Gasteiger partial charge in [0.05, 0.1) is 23.9 Å². The van der Waals surface area contributed by atoms with Crippen molar-refractivity contribution < 1.29 is 18.7 Å². The molecule has 1 aliphatic carbocycles. The standard InChI is InChI=1S/C24H30FN7O3/c1-14(2)29-19-10-20(31-21-18(25)9-15(11-26)12-28-21)27-13-17(19)22(33)30-16-5-7-24(3,8-6-16)32-23(34)35-4/h9-10,12-14,16H,5-8H2,1-4H3,(H,30,33)(H,32,34)(H2,27,28,29,31). The smallest absolute Gasteiger partial charge is 0.407 e. The van der Waals surface area contributed by atoms with Crippen molar-refractivity contribution >= 4 is 29.3 Å². The summed E-state index contributed by atoms with van der Waals surface area (Å²) in [5.41, 5.74) is 0.636. The zero-order chi connectivity index (χ0) is 25.6. The van der Waals surface area contributed by atoms with Crippen molar-refractivity contribution in [3.63, 3.8) is 0 Å². The van der Waals surface area contributed by atoms with E-state index in [2.05, 4.69) is 31.2 Å². The Labute approximate surface area is 203 Å². The van der Waals surface area contributed by atoms with Crippen LogP contribution in [0.1, 0.15) is 62.4 Å². The van der Waals surface area contributed by atoms with Gasteiger partial charge in [-0.05, 0) is 52.5 Å². The lowest BCUT2D eigenvalue weighted by Crippen LogP contribution is -2.51. The molecule has 1 aliphatic rings. The molecule has 11 heteroatoms. The molecule has 1 fully saturated rings. The monoisotopic (exact) mass is 483 g/mol. The molecule has 0 unspecified atom stereocenters. The Bertz CT molecular complexity index is 1120. The van der Waals surface area contributed by atoms with Gasteiger partial charge in [0.25, 0.3) is 5.91 Å². The summed E-state index contributed by atoms with van der Waals surface area (Å²) in [7, 11) is 1.33. The SMILES string of the molecule is COC(=O)NC1(C)CCC(NC(=O)c2cnc(Nc3ncc(C#N)cc3F)cc2NC(C)C)CC1. The largest absolute Gasteiger partial charge is 0.453 e. The summed E-state index contributed by atoms with van der Waals surface area (Å²) in [6, 6.07) is 4.52. The number of aromatic nitrogens is 2. The van der Waals surface area contributed by atoms with Gasteiger partial charge in [-0.25, -0.2) is 19.2 Å². The van der Waals surface area contributed by atoms with E-state index in [0.29, 0.717) is 42.8 Å². The molecule has 35 heavy (non-hydrogen) atoms. The fourth-order valence-electron chi connectivity index (χ4n) is 3.93. The van der Waals surface area contributed by atoms with Gasteiger partial charge in [0.1, 0.15) is 11.9 Å². The number of halogens is 1. The minimum absolute atomic E-state index is 0.0290. The predicted molar refractivity (Wildman–Crippen MR) is 129 cm³/mol. The second kappa shape index (κ2) is 11.0. The predicted octanol–water partition coefficient (Wildman–Crippen LogP) is 3.84. The number of ether oxygens (including phenoxy) is 1. The van der Waals surface area contributed by atoms with Crippen LogP contribution >= 0.6 is 0 Å². The summed E-state index contributed by atoms with van der Waals surface area (Å²) in [4.78, 5) is 32.9. The number of amides is 2. The molecule has 0 aromatic carbocycles. The number of anilines is 3. The van der Waals surface area contributed by atoms with Gasteiger partial charge in [-0.3, -0.25) is 4.79 Å². The van der Waals surface area contributed by atoms with E-state index in [1.807, 2.05) is 26.8 Å². The van der Waals surface area contributed by atoms with E-state index >= 15 is 0 Å². The van der Waals surface area contributed by atoms with Crippen LogP contribution in [0, 0.1) is 17.1 Å². The summed E-state index contributed by atoms with van der Waals surface area (Å²) < 4.78 is 18.9. The Morgan fingerprint density at radius 1 is 1.23 bits per heavy atom. The van der Waals surface area contributed by atoms with E-state index in [4.69, 9.17) is 10.00 Å². The highest BCUT2D eigenvalue weighted by Crippen LogP contribution is 2.29. The molecule has 1 saturated carbocycles. The Morgan fingerprint density at radius 2 is 1.94 bits per heavy atom. The van der Waals surface area contributed by atoms with Crippen molar-refractivity contribution in [1.29, 1.82) is 5.26 Å². The highest BCUT2D eigenvalue weighted by Gasteiger charge is 2.33. The average Bonchev–Trinajstić information content (AvgIpc) is 2.81. The zero-order valence-corrected chi connectivity index (χ0v) is 20.2. The minimum Gasteiger partial charge on any atom is -0.453 e. The number of carbonyl (C=O) groups is 2. The number of hydrogen-bond acceptors (Lipinski definition) is 8. The fourth-order valence-corrected chi connectivity index (χ4v) is 3.93.